The van der Waals surface area contributed by atoms with Gasteiger partial charge in [0.2, 0.25) is 0 Å². The molecule has 0 saturated carbocycles. The molecule has 1 aliphatic heterocycles. The summed E-state index contributed by atoms with van der Waals surface area (Å²) in [5.74, 6) is -0.0244. The Morgan fingerprint density at radius 3 is 2.65 bits per heavy atom. The molecule has 6 heteroatoms. The average molecular weight is 357 g/mol. The zero-order valence-corrected chi connectivity index (χ0v) is 13.5. The van der Waals surface area contributed by atoms with Crippen LogP contribution in [-0.4, -0.2) is 47.9 Å². The lowest BCUT2D eigenvalue weighted by Crippen LogP contribution is -2.51. The number of nitriles is 1. The second-order valence-electron chi connectivity index (χ2n) is 4.76. The summed E-state index contributed by atoms with van der Waals surface area (Å²) in [7, 11) is 0. The van der Waals surface area contributed by atoms with E-state index >= 15 is 0 Å². The first kappa shape index (κ1) is 15.3. The molecular weight excluding hydrogens is 342 g/mol. The van der Waals surface area contributed by atoms with E-state index in [2.05, 4.69) is 26.9 Å². The lowest BCUT2D eigenvalue weighted by Gasteiger charge is -2.36. The van der Waals surface area contributed by atoms with Gasteiger partial charge in [0.15, 0.2) is 0 Å². The molecule has 1 aliphatic rings. The van der Waals surface area contributed by atoms with Gasteiger partial charge in [-0.2, -0.15) is 5.26 Å². The van der Waals surface area contributed by atoms with Crippen molar-refractivity contribution >= 4 is 33.4 Å². The van der Waals surface area contributed by atoms with Crippen LogP contribution in [0.15, 0.2) is 22.7 Å². The van der Waals surface area contributed by atoms with Crippen LogP contribution < -0.4 is 0 Å². The van der Waals surface area contributed by atoms with Gasteiger partial charge in [0.05, 0.1) is 17.7 Å². The zero-order valence-electron chi connectivity index (χ0n) is 11.1. The van der Waals surface area contributed by atoms with Crippen LogP contribution in [0.2, 0.25) is 5.02 Å². The lowest BCUT2D eigenvalue weighted by atomic mass is 10.1. The van der Waals surface area contributed by atoms with Crippen molar-refractivity contribution in [3.63, 3.8) is 0 Å². The first-order valence-electron chi connectivity index (χ1n) is 6.41. The fourth-order valence-electron chi connectivity index (χ4n) is 2.23. The zero-order chi connectivity index (χ0) is 14.7. The van der Waals surface area contributed by atoms with Crippen LogP contribution in [0, 0.1) is 11.3 Å². The Kier molecular flexibility index (Phi) is 5.03. The third-order valence-electron chi connectivity index (χ3n) is 3.49. The van der Waals surface area contributed by atoms with Crippen LogP contribution in [-0.2, 0) is 0 Å². The number of halogens is 2. The standard InChI is InChI=1S/C14H15BrClN3O/c1-10(9-17)18-4-6-19(7-5-18)14(20)12-8-11(16)2-3-13(12)15/h2-3,8,10H,4-7H2,1H3. The van der Waals surface area contributed by atoms with E-state index in [1.165, 1.54) is 0 Å². The number of carbonyl (C=O) groups excluding carboxylic acids is 1. The van der Waals surface area contributed by atoms with E-state index in [1.54, 1.807) is 23.1 Å². The number of nitrogens with zero attached hydrogens (tertiary/aromatic N) is 3. The second kappa shape index (κ2) is 6.57. The van der Waals surface area contributed by atoms with E-state index in [4.69, 9.17) is 16.9 Å². The van der Waals surface area contributed by atoms with E-state index in [1.807, 2.05) is 6.92 Å². The number of carbonyl (C=O) groups is 1. The molecule has 2 rings (SSSR count). The first-order valence-corrected chi connectivity index (χ1v) is 7.58. The molecule has 1 unspecified atom stereocenters. The van der Waals surface area contributed by atoms with Gasteiger partial charge in [-0.3, -0.25) is 9.69 Å². The van der Waals surface area contributed by atoms with Gasteiger partial charge in [-0.25, -0.2) is 0 Å². The molecule has 0 N–H and O–H groups in total. The third-order valence-corrected chi connectivity index (χ3v) is 4.42. The summed E-state index contributed by atoms with van der Waals surface area (Å²) in [5.41, 5.74) is 0.583. The van der Waals surface area contributed by atoms with E-state index in [0.717, 1.165) is 17.6 Å². The minimum Gasteiger partial charge on any atom is -0.336 e. The number of hydrogen-bond acceptors (Lipinski definition) is 3. The van der Waals surface area contributed by atoms with Crippen molar-refractivity contribution in [2.75, 3.05) is 26.2 Å². The topological polar surface area (TPSA) is 47.3 Å². The van der Waals surface area contributed by atoms with Gasteiger partial charge < -0.3 is 4.90 Å². The second-order valence-corrected chi connectivity index (χ2v) is 6.05. The van der Waals surface area contributed by atoms with Gasteiger partial charge in [-0.05, 0) is 41.1 Å². The van der Waals surface area contributed by atoms with E-state index < -0.39 is 0 Å². The highest BCUT2D eigenvalue weighted by atomic mass is 79.9. The van der Waals surface area contributed by atoms with Crippen LogP contribution in [0.25, 0.3) is 0 Å². The van der Waals surface area contributed by atoms with Crippen LogP contribution in [0.5, 0.6) is 0 Å². The summed E-state index contributed by atoms with van der Waals surface area (Å²) in [5, 5.41) is 9.46. The molecule has 1 fully saturated rings. The molecule has 20 heavy (non-hydrogen) atoms. The molecule has 1 heterocycles. The quantitative estimate of drug-likeness (QED) is 0.818. The van der Waals surface area contributed by atoms with Gasteiger partial charge in [0, 0.05) is 35.7 Å². The molecule has 0 bridgehead atoms. The molecule has 106 valence electrons. The minimum absolute atomic E-state index is 0.0244. The number of rotatable bonds is 2. The van der Waals surface area contributed by atoms with Gasteiger partial charge in [-0.15, -0.1) is 0 Å². The third kappa shape index (κ3) is 3.32. The lowest BCUT2D eigenvalue weighted by molar-refractivity contribution is 0.0615. The van der Waals surface area contributed by atoms with Crippen molar-refractivity contribution in [3.05, 3.63) is 33.3 Å². The predicted molar refractivity (Wildman–Crippen MR) is 81.7 cm³/mol. The van der Waals surface area contributed by atoms with Gasteiger partial charge in [0.25, 0.3) is 5.91 Å². The molecule has 0 radical (unpaired) electrons. The van der Waals surface area contributed by atoms with Gasteiger partial charge in [0.1, 0.15) is 0 Å². The number of benzene rings is 1. The Labute approximate surface area is 132 Å². The first-order chi connectivity index (χ1) is 9.52. The van der Waals surface area contributed by atoms with Crippen LogP contribution >= 0.6 is 27.5 Å². The minimum atomic E-state index is -0.106. The van der Waals surface area contributed by atoms with E-state index in [0.29, 0.717) is 23.7 Å². The van der Waals surface area contributed by atoms with Crippen molar-refractivity contribution in [3.8, 4) is 6.07 Å². The summed E-state index contributed by atoms with van der Waals surface area (Å²) in [6.45, 7) is 4.58. The highest BCUT2D eigenvalue weighted by Gasteiger charge is 2.25. The van der Waals surface area contributed by atoms with Crippen molar-refractivity contribution in [2.24, 2.45) is 0 Å². The molecule has 0 aliphatic carbocycles. The van der Waals surface area contributed by atoms with E-state index in [-0.39, 0.29) is 11.9 Å². The highest BCUT2D eigenvalue weighted by molar-refractivity contribution is 9.10. The van der Waals surface area contributed by atoms with E-state index in [9.17, 15) is 4.79 Å². The van der Waals surface area contributed by atoms with Crippen LogP contribution in [0.1, 0.15) is 17.3 Å². The predicted octanol–water partition coefficient (Wildman–Crippen LogP) is 2.77. The maximum atomic E-state index is 12.5. The summed E-state index contributed by atoms with van der Waals surface area (Å²) in [6, 6.07) is 7.32. The number of amides is 1. The SMILES string of the molecule is CC(C#N)N1CCN(C(=O)c2cc(Cl)ccc2Br)CC1. The van der Waals surface area contributed by atoms with Crippen LogP contribution in [0.3, 0.4) is 0 Å². The smallest absolute Gasteiger partial charge is 0.255 e. The summed E-state index contributed by atoms with van der Waals surface area (Å²) >= 11 is 9.33. The normalized spacial score (nSPS) is 17.6. The monoisotopic (exact) mass is 355 g/mol. The molecule has 1 amide bonds. The Bertz CT molecular complexity index is 550. The van der Waals surface area contributed by atoms with Gasteiger partial charge >= 0.3 is 0 Å². The van der Waals surface area contributed by atoms with Crippen molar-refractivity contribution in [1.29, 1.82) is 5.26 Å². The highest BCUT2D eigenvalue weighted by Crippen LogP contribution is 2.23. The maximum Gasteiger partial charge on any atom is 0.255 e. The summed E-state index contributed by atoms with van der Waals surface area (Å²) in [4.78, 5) is 16.4. The number of piperazine rings is 1. The average Bonchev–Trinajstić information content (AvgIpc) is 2.48. The molecule has 1 aromatic rings. The van der Waals surface area contributed by atoms with Crippen LogP contribution in [0.4, 0.5) is 0 Å². The number of hydrogen-bond donors (Lipinski definition) is 0. The summed E-state index contributed by atoms with van der Waals surface area (Å²) in [6.07, 6.45) is 0. The molecule has 1 atom stereocenters. The molecular formula is C14H15BrClN3O. The Balaban J connectivity index is 2.05. The van der Waals surface area contributed by atoms with Gasteiger partial charge in [-0.1, -0.05) is 11.6 Å². The maximum absolute atomic E-state index is 12.5. The van der Waals surface area contributed by atoms with Crippen molar-refractivity contribution < 1.29 is 4.79 Å². The van der Waals surface area contributed by atoms with Crippen molar-refractivity contribution in [2.45, 2.75) is 13.0 Å². The molecule has 0 aromatic heterocycles. The Morgan fingerprint density at radius 2 is 2.05 bits per heavy atom. The fourth-order valence-corrected chi connectivity index (χ4v) is 2.81. The molecule has 4 nitrogen and oxygen atoms in total. The van der Waals surface area contributed by atoms with Crippen molar-refractivity contribution in [1.82, 2.24) is 9.80 Å². The Morgan fingerprint density at radius 1 is 1.40 bits per heavy atom. The summed E-state index contributed by atoms with van der Waals surface area (Å²) < 4.78 is 0.750. The Hall–Kier alpha value is -1.09. The fraction of sp³-hybridized carbons (Fsp3) is 0.429. The molecule has 1 saturated heterocycles. The molecule has 0 spiro atoms. The largest absolute Gasteiger partial charge is 0.336 e. The molecule has 1 aromatic carbocycles.